The number of hydrogen-bond donors (Lipinski definition) is 0. The lowest BCUT2D eigenvalue weighted by molar-refractivity contribution is 0.677. The molecule has 8 aromatic rings. The molecule has 246 valence electrons. The summed E-state index contributed by atoms with van der Waals surface area (Å²) in [6.07, 6.45) is 1.92. The molecule has 2 aliphatic rings. The largest absolute Gasteiger partial charge is 0.0725 e. The third kappa shape index (κ3) is 4.90. The molecule has 0 heteroatoms. The highest BCUT2D eigenvalue weighted by Crippen LogP contribution is 2.64. The van der Waals surface area contributed by atoms with Gasteiger partial charge in [0.15, 0.2) is 0 Å². The molecule has 8 aromatic carbocycles. The van der Waals surface area contributed by atoms with Crippen LogP contribution in [0.2, 0.25) is 0 Å². The quantitative estimate of drug-likeness (QED) is 0.152. The van der Waals surface area contributed by atoms with Gasteiger partial charge in [-0.15, -0.1) is 0 Å². The SMILES string of the molecule is c1ccc(-c2ccc(CC(Cc3cccc(C45c6ccccc6-c6cccc(c64)-c4ccccc45)c3)c3ccc(-c4ccccc4)cc3)cc2)cc1. The van der Waals surface area contributed by atoms with E-state index in [0.29, 0.717) is 5.92 Å². The molecule has 10 rings (SSSR count). The molecule has 0 heterocycles. The Morgan fingerprint density at radius 1 is 0.346 bits per heavy atom. The first-order valence-electron chi connectivity index (χ1n) is 18.5. The first-order valence-corrected chi connectivity index (χ1v) is 18.5. The van der Waals surface area contributed by atoms with Crippen molar-refractivity contribution in [3.63, 3.8) is 0 Å². The second-order valence-corrected chi connectivity index (χ2v) is 14.4. The van der Waals surface area contributed by atoms with Crippen molar-refractivity contribution in [2.75, 3.05) is 0 Å². The molecule has 0 amide bonds. The van der Waals surface area contributed by atoms with Crippen LogP contribution in [-0.4, -0.2) is 0 Å². The van der Waals surface area contributed by atoms with E-state index in [9.17, 15) is 0 Å². The van der Waals surface area contributed by atoms with E-state index in [1.165, 1.54) is 83.5 Å². The highest BCUT2D eigenvalue weighted by molar-refractivity contribution is 5.98. The molecular weight excluding hydrogens is 625 g/mol. The Kier molecular flexibility index (Phi) is 7.36. The fourth-order valence-electron chi connectivity index (χ4n) is 9.22. The summed E-state index contributed by atoms with van der Waals surface area (Å²) in [5.41, 5.74) is 19.8. The Morgan fingerprint density at radius 3 is 1.40 bits per heavy atom. The molecule has 0 N–H and O–H groups in total. The minimum Gasteiger partial charge on any atom is -0.0622 e. The lowest BCUT2D eigenvalue weighted by Gasteiger charge is -2.31. The van der Waals surface area contributed by atoms with Crippen LogP contribution >= 0.6 is 0 Å². The van der Waals surface area contributed by atoms with Crippen LogP contribution in [0.4, 0.5) is 0 Å². The van der Waals surface area contributed by atoms with Crippen molar-refractivity contribution < 1.29 is 0 Å². The maximum absolute atomic E-state index is 2.52. The van der Waals surface area contributed by atoms with Crippen LogP contribution in [0.25, 0.3) is 44.5 Å². The third-order valence-electron chi connectivity index (χ3n) is 11.6. The van der Waals surface area contributed by atoms with Gasteiger partial charge in [0.2, 0.25) is 0 Å². The average molecular weight is 663 g/mol. The summed E-state index contributed by atoms with van der Waals surface area (Å²) in [4.78, 5) is 0. The fraction of sp³-hybridized carbons (Fsp3) is 0.0769. The van der Waals surface area contributed by atoms with Gasteiger partial charge in [-0.3, -0.25) is 0 Å². The summed E-state index contributed by atoms with van der Waals surface area (Å²) in [6.45, 7) is 0. The number of rotatable bonds is 8. The van der Waals surface area contributed by atoms with Crippen LogP contribution in [0.1, 0.15) is 44.9 Å². The standard InChI is InChI=1S/C52H38/c1-3-14-38(15-4-1)40-27-25-36(26-28-40)33-43(42-31-29-41(30-32-42)39-16-5-2-6-17-39)34-37-13-11-18-44(35-37)52-49-23-9-7-19-45(49)47-21-12-22-48(51(47)52)46-20-8-10-24-50(46)52/h1-32,35,43H,33-34H2. The summed E-state index contributed by atoms with van der Waals surface area (Å²) in [5, 5.41) is 0. The van der Waals surface area contributed by atoms with Crippen molar-refractivity contribution >= 4 is 0 Å². The van der Waals surface area contributed by atoms with Crippen LogP contribution < -0.4 is 0 Å². The second kappa shape index (κ2) is 12.5. The minimum absolute atomic E-state index is 0.315. The van der Waals surface area contributed by atoms with Gasteiger partial charge < -0.3 is 0 Å². The topological polar surface area (TPSA) is 0 Å². The maximum atomic E-state index is 2.52. The summed E-state index contributed by atoms with van der Waals surface area (Å²) in [6, 6.07) is 74.5. The Balaban J connectivity index is 1.06. The number of fused-ring (bicyclic) bond motifs is 6. The lowest BCUT2D eigenvalue weighted by atomic mass is 9.70. The van der Waals surface area contributed by atoms with Crippen LogP contribution in [0.15, 0.2) is 200 Å². The van der Waals surface area contributed by atoms with Crippen molar-refractivity contribution in [2.45, 2.75) is 24.2 Å². The zero-order chi connectivity index (χ0) is 34.5. The molecule has 2 aliphatic carbocycles. The van der Waals surface area contributed by atoms with Crippen molar-refractivity contribution in [3.05, 3.63) is 239 Å². The molecule has 0 spiro atoms. The van der Waals surface area contributed by atoms with Gasteiger partial charge in [0, 0.05) is 0 Å². The van der Waals surface area contributed by atoms with E-state index in [1.807, 2.05) is 0 Å². The molecule has 1 atom stereocenters. The van der Waals surface area contributed by atoms with Crippen LogP contribution in [0.3, 0.4) is 0 Å². The summed E-state index contributed by atoms with van der Waals surface area (Å²) < 4.78 is 0. The molecule has 0 bridgehead atoms. The van der Waals surface area contributed by atoms with E-state index in [1.54, 1.807) is 0 Å². The lowest BCUT2D eigenvalue weighted by Crippen LogP contribution is -2.26. The first-order chi connectivity index (χ1) is 25.8. The van der Waals surface area contributed by atoms with Gasteiger partial charge in [0.1, 0.15) is 0 Å². The van der Waals surface area contributed by atoms with E-state index >= 15 is 0 Å². The molecule has 0 saturated heterocycles. The van der Waals surface area contributed by atoms with Crippen molar-refractivity contribution in [3.8, 4) is 44.5 Å². The van der Waals surface area contributed by atoms with E-state index in [2.05, 4.69) is 200 Å². The van der Waals surface area contributed by atoms with E-state index < -0.39 is 0 Å². The minimum atomic E-state index is -0.324. The van der Waals surface area contributed by atoms with Gasteiger partial charge in [-0.05, 0) is 102 Å². The van der Waals surface area contributed by atoms with E-state index in [-0.39, 0.29) is 5.41 Å². The van der Waals surface area contributed by atoms with Gasteiger partial charge >= 0.3 is 0 Å². The number of hydrogen-bond acceptors (Lipinski definition) is 0. The van der Waals surface area contributed by atoms with Gasteiger partial charge in [-0.2, -0.15) is 0 Å². The molecule has 1 unspecified atom stereocenters. The van der Waals surface area contributed by atoms with Gasteiger partial charge in [-0.1, -0.05) is 200 Å². The van der Waals surface area contributed by atoms with Crippen LogP contribution in [0, 0.1) is 0 Å². The summed E-state index contributed by atoms with van der Waals surface area (Å²) in [5.74, 6) is 0.315. The zero-order valence-electron chi connectivity index (χ0n) is 29.0. The highest BCUT2D eigenvalue weighted by Gasteiger charge is 2.52. The average Bonchev–Trinajstić information content (AvgIpc) is 3.70. The van der Waals surface area contributed by atoms with Crippen molar-refractivity contribution in [2.24, 2.45) is 0 Å². The summed E-state index contributed by atoms with van der Waals surface area (Å²) >= 11 is 0. The summed E-state index contributed by atoms with van der Waals surface area (Å²) in [7, 11) is 0. The monoisotopic (exact) mass is 662 g/mol. The smallest absolute Gasteiger partial charge is 0.0622 e. The van der Waals surface area contributed by atoms with Crippen molar-refractivity contribution in [1.82, 2.24) is 0 Å². The van der Waals surface area contributed by atoms with E-state index in [0.717, 1.165) is 12.8 Å². The van der Waals surface area contributed by atoms with Gasteiger partial charge in [0.25, 0.3) is 0 Å². The molecule has 0 radical (unpaired) electrons. The Labute approximate surface area is 306 Å². The molecular formula is C52H38. The van der Waals surface area contributed by atoms with Crippen LogP contribution in [-0.2, 0) is 18.3 Å². The molecule has 0 nitrogen and oxygen atoms in total. The molecule has 0 aromatic heterocycles. The van der Waals surface area contributed by atoms with Gasteiger partial charge in [0.05, 0.1) is 5.41 Å². The highest BCUT2D eigenvalue weighted by atomic mass is 14.5. The number of benzene rings is 8. The van der Waals surface area contributed by atoms with Crippen LogP contribution in [0.5, 0.6) is 0 Å². The zero-order valence-corrected chi connectivity index (χ0v) is 29.0. The Bertz CT molecular complexity index is 2470. The molecule has 0 fully saturated rings. The normalized spacial score (nSPS) is 13.6. The van der Waals surface area contributed by atoms with Gasteiger partial charge in [-0.25, -0.2) is 0 Å². The molecule has 0 saturated carbocycles. The molecule has 0 aliphatic heterocycles. The maximum Gasteiger partial charge on any atom is 0.0725 e. The van der Waals surface area contributed by atoms with Crippen molar-refractivity contribution in [1.29, 1.82) is 0 Å². The third-order valence-corrected chi connectivity index (χ3v) is 11.6. The van der Waals surface area contributed by atoms with E-state index in [4.69, 9.17) is 0 Å². The fourth-order valence-corrected chi connectivity index (χ4v) is 9.22. The predicted octanol–water partition coefficient (Wildman–Crippen LogP) is 12.9. The molecule has 52 heavy (non-hydrogen) atoms. The first kappa shape index (κ1) is 30.6. The Morgan fingerprint density at radius 2 is 0.808 bits per heavy atom. The second-order valence-electron chi connectivity index (χ2n) is 14.4. The predicted molar refractivity (Wildman–Crippen MR) is 217 cm³/mol. The Hall–Kier alpha value is -6.24.